The van der Waals surface area contributed by atoms with Gasteiger partial charge in [0.25, 0.3) is 5.91 Å². The van der Waals surface area contributed by atoms with Gasteiger partial charge in [-0.15, -0.1) is 0 Å². The van der Waals surface area contributed by atoms with E-state index in [1.54, 1.807) is 40.1 Å². The molecular formula is C38H41ClN6O8S. The number of fused-ring (bicyclic) bond motifs is 1. The van der Waals surface area contributed by atoms with E-state index in [0.717, 1.165) is 16.6 Å². The Morgan fingerprint density at radius 2 is 1.65 bits per heavy atom. The third-order valence-corrected chi connectivity index (χ3v) is 11.8. The first-order valence-corrected chi connectivity index (χ1v) is 19.2. The van der Waals surface area contributed by atoms with Gasteiger partial charge in [0.05, 0.1) is 17.7 Å². The molecule has 3 aromatic carbocycles. The Morgan fingerprint density at radius 1 is 0.963 bits per heavy atom. The molecule has 284 valence electrons. The van der Waals surface area contributed by atoms with Crippen LogP contribution in [0.25, 0.3) is 10.9 Å². The zero-order valence-corrected chi connectivity index (χ0v) is 31.9. The second-order valence-electron chi connectivity index (χ2n) is 13.1. The van der Waals surface area contributed by atoms with Crippen molar-refractivity contribution in [3.05, 3.63) is 93.6 Å². The second-order valence-corrected chi connectivity index (χ2v) is 15.4. The molecule has 2 aliphatic rings. The monoisotopic (exact) mass is 776 g/mol. The zero-order chi connectivity index (χ0) is 38.7. The van der Waals surface area contributed by atoms with Crippen LogP contribution in [-0.2, 0) is 31.1 Å². The lowest BCUT2D eigenvalue weighted by atomic mass is 10.1. The van der Waals surface area contributed by atoms with Gasteiger partial charge in [0.2, 0.25) is 15.9 Å². The van der Waals surface area contributed by atoms with E-state index < -0.39 is 22.0 Å². The van der Waals surface area contributed by atoms with Gasteiger partial charge in [-0.2, -0.15) is 4.31 Å². The Bertz CT molecular complexity index is 2240. The summed E-state index contributed by atoms with van der Waals surface area (Å²) in [6.07, 6.45) is 0.852. The number of pyridine rings is 1. The number of hydrogen-bond donors (Lipinski definition) is 1. The van der Waals surface area contributed by atoms with Gasteiger partial charge in [-0.05, 0) is 68.7 Å². The van der Waals surface area contributed by atoms with Crippen LogP contribution < -0.4 is 15.2 Å². The summed E-state index contributed by atoms with van der Waals surface area (Å²) in [7, 11) is -2.86. The van der Waals surface area contributed by atoms with Crippen molar-refractivity contribution in [1.82, 2.24) is 19.1 Å². The molecule has 2 fully saturated rings. The number of rotatable bonds is 10. The molecule has 0 bridgehead atoms. The normalized spacial score (nSPS) is 16.8. The van der Waals surface area contributed by atoms with Gasteiger partial charge in [-0.25, -0.2) is 18.2 Å². The predicted octanol–water partition coefficient (Wildman–Crippen LogP) is 4.41. The minimum absolute atomic E-state index is 0.0111. The summed E-state index contributed by atoms with van der Waals surface area (Å²) >= 11 is 6.62. The summed E-state index contributed by atoms with van der Waals surface area (Å²) in [4.78, 5) is 50.5. The fraction of sp³-hybridized carbons (Fsp3) is 0.342. The van der Waals surface area contributed by atoms with Gasteiger partial charge in [0, 0.05) is 61.9 Å². The third-order valence-electron chi connectivity index (χ3n) is 9.53. The topological polar surface area (TPSA) is 174 Å². The fourth-order valence-electron chi connectivity index (χ4n) is 6.84. The second kappa shape index (κ2) is 16.0. The molecule has 0 spiro atoms. The quantitative estimate of drug-likeness (QED) is 0.105. The van der Waals surface area contributed by atoms with Crippen LogP contribution in [0.15, 0.2) is 70.7 Å². The minimum atomic E-state index is -4.23. The number of ether oxygens (including phenoxy) is 2. The van der Waals surface area contributed by atoms with Gasteiger partial charge < -0.3 is 29.8 Å². The minimum Gasteiger partial charge on any atom is -0.495 e. The lowest BCUT2D eigenvalue weighted by molar-refractivity contribution is -0.141. The van der Waals surface area contributed by atoms with Crippen LogP contribution in [0.3, 0.4) is 0 Å². The van der Waals surface area contributed by atoms with Crippen molar-refractivity contribution in [3.63, 3.8) is 0 Å². The highest BCUT2D eigenvalue weighted by Crippen LogP contribution is 2.39. The van der Waals surface area contributed by atoms with Gasteiger partial charge in [-0.3, -0.25) is 9.59 Å². The van der Waals surface area contributed by atoms with Crippen molar-refractivity contribution in [1.29, 1.82) is 0 Å². The highest BCUT2D eigenvalue weighted by atomic mass is 35.5. The molecule has 1 aromatic heterocycles. The number of nitrogens with zero attached hydrogens (tertiary/aromatic N) is 5. The van der Waals surface area contributed by atoms with E-state index in [9.17, 15) is 22.8 Å². The Hall–Kier alpha value is -5.25. The number of amides is 2. The highest BCUT2D eigenvalue weighted by Gasteiger charge is 2.43. The van der Waals surface area contributed by atoms with Crippen molar-refractivity contribution in [3.8, 4) is 11.5 Å². The Labute approximate surface area is 318 Å². The van der Waals surface area contributed by atoms with Crippen LogP contribution in [0.4, 0.5) is 0 Å². The number of sulfonamides is 1. The molecule has 14 nitrogen and oxygen atoms in total. The van der Waals surface area contributed by atoms with E-state index in [2.05, 4.69) is 15.0 Å². The van der Waals surface area contributed by atoms with Crippen molar-refractivity contribution in [2.45, 2.75) is 51.2 Å². The van der Waals surface area contributed by atoms with Gasteiger partial charge in [-0.1, -0.05) is 41.0 Å². The van der Waals surface area contributed by atoms with Gasteiger partial charge >= 0.3 is 5.97 Å². The number of carbonyl (C=O) groups excluding carboxylic acids is 3. The zero-order valence-electron chi connectivity index (χ0n) is 30.4. The third kappa shape index (κ3) is 7.84. The Balaban J connectivity index is 1.14. The molecule has 2 amide bonds. The molecule has 16 heteroatoms. The molecule has 1 unspecified atom stereocenters. The summed E-state index contributed by atoms with van der Waals surface area (Å²) in [5, 5.41) is 4.75. The summed E-state index contributed by atoms with van der Waals surface area (Å²) in [5.41, 5.74) is 9.64. The average Bonchev–Trinajstić information content (AvgIpc) is 3.67. The molecule has 4 aromatic rings. The van der Waals surface area contributed by atoms with Gasteiger partial charge in [0.15, 0.2) is 5.84 Å². The first-order chi connectivity index (χ1) is 25.8. The van der Waals surface area contributed by atoms with Crippen LogP contribution in [0, 0.1) is 13.8 Å². The number of piperazine rings is 1. The number of carbonyl (C=O) groups is 3. The summed E-state index contributed by atoms with van der Waals surface area (Å²) in [5.74, 6) is -0.609. The van der Waals surface area contributed by atoms with E-state index in [1.807, 2.05) is 32.0 Å². The first-order valence-electron chi connectivity index (χ1n) is 17.4. The maximum Gasteiger partial charge on any atom is 0.332 e. The average molecular weight is 777 g/mol. The summed E-state index contributed by atoms with van der Waals surface area (Å²) in [6.45, 7) is 6.18. The molecule has 2 saturated heterocycles. The number of nitrogens with two attached hydrogens (primary N) is 1. The Kier molecular flexibility index (Phi) is 11.4. The maximum absolute atomic E-state index is 14.3. The molecule has 2 N–H and O–H groups in total. The van der Waals surface area contributed by atoms with Crippen LogP contribution in [0.5, 0.6) is 11.5 Å². The van der Waals surface area contributed by atoms with Crippen LogP contribution in [0.2, 0.25) is 5.02 Å². The number of hydrogen-bond acceptors (Lipinski definition) is 10. The number of para-hydroxylation sites is 1. The number of aromatic nitrogens is 1. The highest BCUT2D eigenvalue weighted by molar-refractivity contribution is 7.89. The van der Waals surface area contributed by atoms with Crippen molar-refractivity contribution >= 4 is 56.1 Å². The predicted molar refractivity (Wildman–Crippen MR) is 202 cm³/mol. The molecule has 3 heterocycles. The molecule has 54 heavy (non-hydrogen) atoms. The maximum atomic E-state index is 14.3. The van der Waals surface area contributed by atoms with Crippen molar-refractivity contribution in [2.75, 3.05) is 39.8 Å². The lowest BCUT2D eigenvalue weighted by Crippen LogP contribution is -2.55. The smallest absolute Gasteiger partial charge is 0.332 e. The molecule has 0 aliphatic carbocycles. The number of aryl methyl sites for hydroxylation is 2. The van der Waals surface area contributed by atoms with Crippen molar-refractivity contribution in [2.24, 2.45) is 10.9 Å². The molecule has 6 rings (SSSR count). The number of amidine groups is 1. The summed E-state index contributed by atoms with van der Waals surface area (Å²) in [6, 6.07) is 16.0. The van der Waals surface area contributed by atoms with Gasteiger partial charge in [0.1, 0.15) is 34.6 Å². The first kappa shape index (κ1) is 38.5. The molecular weight excluding hydrogens is 736 g/mol. The molecule has 0 radical (unpaired) electrons. The lowest BCUT2D eigenvalue weighted by Gasteiger charge is -2.37. The van der Waals surface area contributed by atoms with Crippen molar-refractivity contribution < 1.29 is 37.1 Å². The Morgan fingerprint density at radius 3 is 2.33 bits per heavy atom. The number of methoxy groups -OCH3 is 1. The molecule has 0 saturated carbocycles. The fourth-order valence-corrected chi connectivity index (χ4v) is 8.88. The van der Waals surface area contributed by atoms with Crippen LogP contribution in [-0.4, -0.2) is 97.0 Å². The van der Waals surface area contributed by atoms with E-state index >= 15 is 0 Å². The van der Waals surface area contributed by atoms with E-state index in [0.29, 0.717) is 40.8 Å². The van der Waals surface area contributed by atoms with E-state index in [-0.39, 0.29) is 72.6 Å². The standard InChI is InChI=1S/C38H41ClN6O8S/c1-23-21-24(2)41-34-28(23)7-5-9-32(34)52-22-29-30(39)14-15-33(35(29)51-4)54(49,50)45-16-6-8-31(45)38(48)44-19-17-43(18-20-44)37(47)27-12-10-26(11-13-27)36(40)42-53-25(3)46/h5,7,9-15,21,31H,6,8,16-20,22H2,1-4H3,(H2,40,42). The molecule has 2 aliphatic heterocycles. The number of halogens is 1. The largest absolute Gasteiger partial charge is 0.495 e. The van der Waals surface area contributed by atoms with Crippen LogP contribution in [0.1, 0.15) is 52.5 Å². The SMILES string of the molecule is COc1c(S(=O)(=O)N2CCCC2C(=O)N2CCN(C(=O)c3ccc(/C(N)=N\OC(C)=O)cc3)CC2)ccc(Cl)c1COc1cccc2c(C)cc(C)nc12. The molecule has 1 atom stereocenters. The van der Waals surface area contributed by atoms with Crippen LogP contribution >= 0.6 is 11.6 Å². The number of benzene rings is 3. The number of oxime groups is 1. The van der Waals surface area contributed by atoms with E-state index in [4.69, 9.17) is 26.8 Å². The summed E-state index contributed by atoms with van der Waals surface area (Å²) < 4.78 is 41.8. The van der Waals surface area contributed by atoms with E-state index in [1.165, 1.54) is 30.5 Å².